The molecule has 0 radical (unpaired) electrons. The largest absolute Gasteiger partial charge is 0.481 e. The zero-order valence-electron chi connectivity index (χ0n) is 40.5. The number of rotatable bonds is 21. The number of carboxylic acid groups (broad SMARTS) is 2. The fourth-order valence-electron chi connectivity index (χ4n) is 11.5. The number of carboxylic acids is 2. The van der Waals surface area contributed by atoms with Crippen molar-refractivity contribution in [1.82, 2.24) is 26.2 Å². The lowest BCUT2D eigenvalue weighted by molar-refractivity contribution is -0.199. The first kappa shape index (κ1) is 51.8. The lowest BCUT2D eigenvalue weighted by Gasteiger charge is -2.64. The van der Waals surface area contributed by atoms with E-state index in [0.29, 0.717) is 50.0 Å². The topological polar surface area (TPSA) is 256 Å². The van der Waals surface area contributed by atoms with E-state index in [4.69, 9.17) is 20.1 Å². The maximum absolute atomic E-state index is 14.5. The fraction of sp³-hybridized carbons (Fsp3) is 0.735. The van der Waals surface area contributed by atoms with E-state index < -0.39 is 109 Å². The van der Waals surface area contributed by atoms with Crippen molar-refractivity contribution in [2.45, 2.75) is 192 Å². The molecule has 370 valence electrons. The molecule has 6 aliphatic rings. The van der Waals surface area contributed by atoms with Crippen molar-refractivity contribution < 1.29 is 53.1 Å². The zero-order valence-corrected chi connectivity index (χ0v) is 40.5. The lowest BCUT2D eigenvalue weighted by Crippen LogP contribution is -2.65. The predicted molar refractivity (Wildman–Crippen MR) is 250 cm³/mol. The van der Waals surface area contributed by atoms with Crippen molar-refractivity contribution in [3.8, 4) is 0 Å². The number of aryl methyl sites for hydroxylation is 1. The summed E-state index contributed by atoms with van der Waals surface area (Å²) >= 11 is 0. The molecule has 67 heavy (non-hydrogen) atoms. The minimum atomic E-state index is -1.51. The molecule has 0 spiro atoms. The Labute approximate surface area is 395 Å². The third-order valence-electron chi connectivity index (χ3n) is 15.8. The van der Waals surface area contributed by atoms with E-state index in [1.807, 2.05) is 0 Å². The summed E-state index contributed by atoms with van der Waals surface area (Å²) in [6, 6.07) is 2.80. The summed E-state index contributed by atoms with van der Waals surface area (Å²) in [5.74, 6) is -5.88. The molecule has 2 saturated heterocycles. The molecule has 2 heterocycles. The number of amides is 5. The maximum Gasteiger partial charge on any atom is 0.481 e. The Balaban J connectivity index is 1.14. The molecule has 1 aromatic rings. The van der Waals surface area contributed by atoms with Crippen LogP contribution >= 0.6 is 0 Å². The molecule has 0 unspecified atom stereocenters. The smallest absolute Gasteiger partial charge is 0.481 e. The Kier molecular flexibility index (Phi) is 16.9. The number of nitrogens with two attached hydrogens (primary N) is 1. The quantitative estimate of drug-likeness (QED) is 0.0869. The van der Waals surface area contributed by atoms with Gasteiger partial charge in [0.15, 0.2) is 0 Å². The highest BCUT2D eigenvalue weighted by Crippen LogP contribution is 2.65. The van der Waals surface area contributed by atoms with Crippen LogP contribution in [0.3, 0.4) is 0 Å². The SMILES string of the molecule is CC(C)[C@H](NC(=O)[C@H](CCC(=O)O)NC(=O)[C@@H](N)CC(=O)O)C(=O)N[C@H](C(=O)N1CCC[C@H]1C(=O)N[C@@H](CCc1ccc(C2CCCCC2)cc1)B1O[C@@H]2C[C@@H]3C[C@H](C3(C)C)[C@]2(C)O1)C(C)C. The highest BCUT2D eigenvalue weighted by atomic mass is 16.7. The van der Waals surface area contributed by atoms with Gasteiger partial charge in [-0.2, -0.15) is 0 Å². The standard InChI is InChI=1S/C49H75BN6O11/c1-27(2)41(54-44(62)34(20-22-39(57)58)52-43(61)33(51)26-40(59)60)46(64)55-42(28(3)4)47(65)56-23-11-14-35(56)45(63)53-38(21-17-29-15-18-31(19-16-29)30-12-9-8-10-13-30)50-66-37-25-32-24-36(48(32,5)6)49(37,7)67-50/h15-16,18-19,27-28,30,32-38,41-42H,8-14,17,20-26,51H2,1-7H3,(H,52,61)(H,53,63)(H,54,62)(H,55,64)(H,57,58)(H,59,60)/t32-,33-,34-,35-,36+,37+,38-,41-,42-,49-/m0/s1. The molecule has 7 rings (SSSR count). The van der Waals surface area contributed by atoms with Crippen LogP contribution in [0.25, 0.3) is 0 Å². The van der Waals surface area contributed by atoms with Crippen molar-refractivity contribution in [3.63, 3.8) is 0 Å². The van der Waals surface area contributed by atoms with Gasteiger partial charge in [-0.15, -0.1) is 0 Å². The average molecular weight is 935 g/mol. The minimum Gasteiger partial charge on any atom is -0.481 e. The minimum absolute atomic E-state index is 0.0839. The van der Waals surface area contributed by atoms with E-state index in [0.717, 1.165) is 18.4 Å². The van der Waals surface area contributed by atoms with Crippen LogP contribution < -0.4 is 27.0 Å². The van der Waals surface area contributed by atoms with Gasteiger partial charge in [0, 0.05) is 13.0 Å². The second-order valence-electron chi connectivity index (χ2n) is 21.4. The summed E-state index contributed by atoms with van der Waals surface area (Å²) in [6.45, 7) is 14.0. The highest BCUT2D eigenvalue weighted by Gasteiger charge is 2.68. The van der Waals surface area contributed by atoms with Gasteiger partial charge in [-0.3, -0.25) is 33.6 Å². The van der Waals surface area contributed by atoms with Crippen LogP contribution in [0.15, 0.2) is 24.3 Å². The van der Waals surface area contributed by atoms with Crippen molar-refractivity contribution in [3.05, 3.63) is 35.4 Å². The van der Waals surface area contributed by atoms with E-state index in [1.54, 1.807) is 27.7 Å². The number of hydrogen-bond donors (Lipinski definition) is 7. The predicted octanol–water partition coefficient (Wildman–Crippen LogP) is 3.84. The summed E-state index contributed by atoms with van der Waals surface area (Å²) in [6.07, 6.45) is 8.81. The molecule has 10 atom stereocenters. The van der Waals surface area contributed by atoms with Gasteiger partial charge >= 0.3 is 19.1 Å². The van der Waals surface area contributed by atoms with E-state index in [2.05, 4.69) is 66.3 Å². The van der Waals surface area contributed by atoms with Gasteiger partial charge in [0.1, 0.15) is 24.2 Å². The summed E-state index contributed by atoms with van der Waals surface area (Å²) in [5.41, 5.74) is 7.88. The third-order valence-corrected chi connectivity index (χ3v) is 15.8. The molecule has 1 aromatic carbocycles. The second-order valence-corrected chi connectivity index (χ2v) is 21.4. The van der Waals surface area contributed by atoms with Crippen molar-refractivity contribution in [1.29, 1.82) is 0 Å². The number of nitrogens with zero attached hydrogens (tertiary/aromatic N) is 1. The number of carbonyl (C=O) groups excluding carboxylic acids is 5. The van der Waals surface area contributed by atoms with Crippen LogP contribution in [-0.2, 0) is 49.3 Å². The Morgan fingerprint density at radius 3 is 2.06 bits per heavy atom. The van der Waals surface area contributed by atoms with Gasteiger partial charge in [-0.05, 0) is 111 Å². The van der Waals surface area contributed by atoms with E-state index in [-0.39, 0.29) is 23.8 Å². The molecule has 5 amide bonds. The summed E-state index contributed by atoms with van der Waals surface area (Å²) in [4.78, 5) is 93.4. The molecule has 8 N–H and O–H groups in total. The number of likely N-dealkylation sites (tertiary alicyclic amines) is 1. The molecular formula is C49H75BN6O11. The molecular weight excluding hydrogens is 859 g/mol. The molecule has 18 heteroatoms. The van der Waals surface area contributed by atoms with Gasteiger partial charge in [0.25, 0.3) is 0 Å². The van der Waals surface area contributed by atoms with Crippen LogP contribution in [0.1, 0.15) is 149 Å². The average Bonchev–Trinajstić information content (AvgIpc) is 3.92. The van der Waals surface area contributed by atoms with E-state index in [1.165, 1.54) is 42.6 Å². The molecule has 2 bridgehead atoms. The monoisotopic (exact) mass is 935 g/mol. The molecule has 4 aliphatic carbocycles. The fourth-order valence-corrected chi connectivity index (χ4v) is 11.5. The molecule has 4 saturated carbocycles. The van der Waals surface area contributed by atoms with Gasteiger partial charge in [-0.25, -0.2) is 0 Å². The molecule has 2 aliphatic heterocycles. The van der Waals surface area contributed by atoms with Crippen LogP contribution in [0.5, 0.6) is 0 Å². The number of aliphatic carboxylic acids is 2. The van der Waals surface area contributed by atoms with E-state index >= 15 is 0 Å². The first-order valence-corrected chi connectivity index (χ1v) is 24.7. The van der Waals surface area contributed by atoms with Crippen LogP contribution in [-0.4, -0.2) is 118 Å². The van der Waals surface area contributed by atoms with Crippen molar-refractivity contribution in [2.75, 3.05) is 6.54 Å². The van der Waals surface area contributed by atoms with Crippen molar-refractivity contribution >= 4 is 48.6 Å². The van der Waals surface area contributed by atoms with Gasteiger partial charge in [-0.1, -0.05) is 85.1 Å². The van der Waals surface area contributed by atoms with Crippen molar-refractivity contribution in [2.24, 2.45) is 34.8 Å². The first-order chi connectivity index (χ1) is 31.6. The first-order valence-electron chi connectivity index (χ1n) is 24.7. The summed E-state index contributed by atoms with van der Waals surface area (Å²) in [5, 5.41) is 29.4. The van der Waals surface area contributed by atoms with Crippen LogP contribution in [0.2, 0.25) is 0 Å². The van der Waals surface area contributed by atoms with Gasteiger partial charge in [0.05, 0.1) is 30.1 Å². The normalized spacial score (nSPS) is 26.7. The number of nitrogens with one attached hydrogen (secondary N) is 4. The van der Waals surface area contributed by atoms with Gasteiger partial charge < -0.3 is 51.4 Å². The number of carbonyl (C=O) groups is 7. The van der Waals surface area contributed by atoms with Gasteiger partial charge in [0.2, 0.25) is 29.5 Å². The summed E-state index contributed by atoms with van der Waals surface area (Å²) in [7, 11) is -0.675. The summed E-state index contributed by atoms with van der Waals surface area (Å²) < 4.78 is 13.7. The van der Waals surface area contributed by atoms with Crippen LogP contribution in [0, 0.1) is 29.1 Å². The second kappa shape index (κ2) is 21.8. The number of hydrogen-bond acceptors (Lipinski definition) is 10. The van der Waals surface area contributed by atoms with E-state index in [9.17, 15) is 38.7 Å². The maximum atomic E-state index is 14.5. The van der Waals surface area contributed by atoms with Crippen LogP contribution in [0.4, 0.5) is 0 Å². The number of benzene rings is 1. The zero-order chi connectivity index (χ0) is 49.0. The molecule has 6 fully saturated rings. The lowest BCUT2D eigenvalue weighted by atomic mass is 9.43. The Morgan fingerprint density at radius 2 is 1.45 bits per heavy atom. The Bertz CT molecular complexity index is 1980. The third kappa shape index (κ3) is 12.0. The highest BCUT2D eigenvalue weighted by molar-refractivity contribution is 6.48. The molecule has 17 nitrogen and oxygen atoms in total. The molecule has 0 aromatic heterocycles. The Hall–Kier alpha value is -4.55. The Morgan fingerprint density at radius 1 is 0.791 bits per heavy atom.